The van der Waals surface area contributed by atoms with Crippen LogP contribution in [-0.4, -0.2) is 34.1 Å². The number of rotatable bonds is 4. The Balaban J connectivity index is 0.000000994. The van der Waals surface area contributed by atoms with Crippen LogP contribution in [0.2, 0.25) is 0 Å². The average Bonchev–Trinajstić information content (AvgIpc) is 3.38. The van der Waals surface area contributed by atoms with Crippen LogP contribution in [0.4, 0.5) is 10.2 Å². The van der Waals surface area contributed by atoms with Crippen molar-refractivity contribution >= 4 is 22.5 Å². The van der Waals surface area contributed by atoms with Gasteiger partial charge in [0.2, 0.25) is 0 Å². The quantitative estimate of drug-likeness (QED) is 0.478. The Bertz CT molecular complexity index is 1290. The Labute approximate surface area is 165 Å². The summed E-state index contributed by atoms with van der Waals surface area (Å²) in [4.78, 5) is 17.5. The number of imidazole rings is 2. The molecule has 0 aliphatic carbocycles. The van der Waals surface area contributed by atoms with Crippen LogP contribution in [0.5, 0.6) is 0 Å². The van der Waals surface area contributed by atoms with Crippen LogP contribution in [0.1, 0.15) is 5.82 Å². The number of anilines is 1. The second-order valence-electron chi connectivity index (χ2n) is 5.84. The summed E-state index contributed by atoms with van der Waals surface area (Å²) >= 11 is 0. The lowest BCUT2D eigenvalue weighted by molar-refractivity contribution is 0.629. The van der Waals surface area contributed by atoms with Gasteiger partial charge in [-0.25, -0.2) is 28.8 Å². The number of nitrogens with zero attached hydrogens (tertiary/aromatic N) is 7. The number of hydrogen-bond acceptors (Lipinski definition) is 6. The highest BCUT2D eigenvalue weighted by atomic mass is 19.1. The highest BCUT2D eigenvalue weighted by Gasteiger charge is 2.15. The summed E-state index contributed by atoms with van der Waals surface area (Å²) in [6.45, 7) is 0.354. The van der Waals surface area contributed by atoms with Crippen molar-refractivity contribution in [2.24, 2.45) is 0 Å². The van der Waals surface area contributed by atoms with Gasteiger partial charge in [-0.15, -0.1) is 12.8 Å². The van der Waals surface area contributed by atoms with Crippen LogP contribution in [0.25, 0.3) is 22.5 Å². The fraction of sp³-hybridized carbons (Fsp3) is 0.0500. The predicted molar refractivity (Wildman–Crippen MR) is 107 cm³/mol. The molecule has 0 atom stereocenters. The van der Waals surface area contributed by atoms with Crippen molar-refractivity contribution in [3.8, 4) is 18.7 Å². The zero-order valence-corrected chi connectivity index (χ0v) is 15.1. The van der Waals surface area contributed by atoms with Gasteiger partial charge in [0.25, 0.3) is 0 Å². The van der Waals surface area contributed by atoms with Crippen molar-refractivity contribution in [2.45, 2.75) is 6.54 Å². The summed E-state index contributed by atoms with van der Waals surface area (Å²) in [6.07, 6.45) is 14.5. The lowest BCUT2D eigenvalue weighted by atomic mass is 10.3. The van der Waals surface area contributed by atoms with E-state index in [0.29, 0.717) is 40.7 Å². The van der Waals surface area contributed by atoms with Crippen LogP contribution in [0.15, 0.2) is 61.3 Å². The van der Waals surface area contributed by atoms with E-state index in [9.17, 15) is 4.39 Å². The van der Waals surface area contributed by atoms with Crippen LogP contribution in [0, 0.1) is 18.7 Å². The highest BCUT2D eigenvalue weighted by molar-refractivity contribution is 5.78. The molecular formula is C20H15FN8. The van der Waals surface area contributed by atoms with Gasteiger partial charge in [-0.3, -0.25) is 4.57 Å². The number of nitrogens with one attached hydrogen (secondary N) is 1. The van der Waals surface area contributed by atoms with Crippen molar-refractivity contribution < 1.29 is 4.39 Å². The summed E-state index contributed by atoms with van der Waals surface area (Å²) in [5, 5.41) is 7.33. The zero-order valence-electron chi connectivity index (χ0n) is 15.1. The zero-order chi connectivity index (χ0) is 20.2. The average molecular weight is 386 g/mol. The van der Waals surface area contributed by atoms with E-state index in [1.807, 2.05) is 22.8 Å². The van der Waals surface area contributed by atoms with Gasteiger partial charge in [0.1, 0.15) is 23.8 Å². The second kappa shape index (κ2) is 7.74. The standard InChI is InChI=1S/C18H13FN8.C2H2/c19-12-4-5-13-14(9-12)27(15-3-1-2-6-20-15)16(25-13)10-22-17-18-21-7-8-26(18)24-11-23-17;1-2/h1-9,11H,10H2,(H,22,23,24);1-2H. The van der Waals surface area contributed by atoms with Gasteiger partial charge in [0, 0.05) is 24.7 Å². The van der Waals surface area contributed by atoms with E-state index in [0.717, 1.165) is 0 Å². The molecule has 0 saturated carbocycles. The largest absolute Gasteiger partial charge is 0.360 e. The summed E-state index contributed by atoms with van der Waals surface area (Å²) in [7, 11) is 0. The Kier molecular flexibility index (Phi) is 4.82. The molecule has 0 amide bonds. The van der Waals surface area contributed by atoms with E-state index >= 15 is 0 Å². The summed E-state index contributed by atoms with van der Waals surface area (Å²) in [5.74, 6) is 1.60. The van der Waals surface area contributed by atoms with E-state index in [4.69, 9.17) is 0 Å². The third kappa shape index (κ3) is 3.35. The topological polar surface area (TPSA) is 85.8 Å². The van der Waals surface area contributed by atoms with Gasteiger partial charge in [0.05, 0.1) is 17.6 Å². The lowest BCUT2D eigenvalue weighted by Crippen LogP contribution is -2.10. The maximum absolute atomic E-state index is 13.8. The molecule has 0 aliphatic rings. The number of pyridine rings is 1. The SMILES string of the molecule is C#C.Fc1ccc2nc(CNc3ncnn4ccnc34)n(-c3ccccn3)c2c1. The van der Waals surface area contributed by atoms with Gasteiger partial charge in [-0.2, -0.15) is 5.10 Å². The van der Waals surface area contributed by atoms with Gasteiger partial charge >= 0.3 is 0 Å². The molecule has 0 fully saturated rings. The molecular weight excluding hydrogens is 371 g/mol. The number of fused-ring (bicyclic) bond motifs is 2. The van der Waals surface area contributed by atoms with Crippen LogP contribution in [-0.2, 0) is 6.54 Å². The first-order chi connectivity index (χ1) is 14.3. The smallest absolute Gasteiger partial charge is 0.196 e. The Morgan fingerprint density at radius 3 is 2.76 bits per heavy atom. The molecule has 0 unspecified atom stereocenters. The van der Waals surface area contributed by atoms with Crippen molar-refractivity contribution in [1.29, 1.82) is 0 Å². The molecule has 8 nitrogen and oxygen atoms in total. The number of halogens is 1. The third-order valence-electron chi connectivity index (χ3n) is 4.17. The molecule has 5 rings (SSSR count). The molecule has 0 spiro atoms. The van der Waals surface area contributed by atoms with Crippen molar-refractivity contribution in [3.05, 3.63) is 73.0 Å². The van der Waals surface area contributed by atoms with E-state index < -0.39 is 0 Å². The van der Waals surface area contributed by atoms with Gasteiger partial charge in [0.15, 0.2) is 11.5 Å². The summed E-state index contributed by atoms with van der Waals surface area (Å²) in [5.41, 5.74) is 1.95. The minimum Gasteiger partial charge on any atom is -0.360 e. The van der Waals surface area contributed by atoms with E-state index in [-0.39, 0.29) is 5.82 Å². The van der Waals surface area contributed by atoms with Crippen LogP contribution >= 0.6 is 0 Å². The molecule has 0 aliphatic heterocycles. The molecule has 142 valence electrons. The molecule has 9 heteroatoms. The molecule has 29 heavy (non-hydrogen) atoms. The maximum Gasteiger partial charge on any atom is 0.196 e. The van der Waals surface area contributed by atoms with Crippen molar-refractivity contribution in [2.75, 3.05) is 5.32 Å². The number of terminal acetylenes is 1. The minimum absolute atomic E-state index is 0.325. The number of benzene rings is 1. The monoisotopic (exact) mass is 386 g/mol. The Hall–Kier alpha value is -4.32. The number of hydrogen-bond donors (Lipinski definition) is 1. The molecule has 0 radical (unpaired) electrons. The molecule has 1 N–H and O–H groups in total. The highest BCUT2D eigenvalue weighted by Crippen LogP contribution is 2.22. The Morgan fingerprint density at radius 2 is 1.93 bits per heavy atom. The molecule has 0 saturated heterocycles. The maximum atomic E-state index is 13.8. The van der Waals surface area contributed by atoms with Crippen LogP contribution < -0.4 is 5.32 Å². The Morgan fingerprint density at radius 1 is 1.03 bits per heavy atom. The van der Waals surface area contributed by atoms with Gasteiger partial charge in [-0.1, -0.05) is 6.07 Å². The van der Waals surface area contributed by atoms with Gasteiger partial charge in [-0.05, 0) is 24.3 Å². The molecule has 1 aromatic carbocycles. The first-order valence-corrected chi connectivity index (χ1v) is 8.59. The van der Waals surface area contributed by atoms with Gasteiger partial charge < -0.3 is 5.32 Å². The molecule has 5 aromatic rings. The van der Waals surface area contributed by atoms with E-state index in [2.05, 4.69) is 43.2 Å². The fourth-order valence-electron chi connectivity index (χ4n) is 3.00. The fourth-order valence-corrected chi connectivity index (χ4v) is 3.00. The molecule has 4 heterocycles. The summed E-state index contributed by atoms with van der Waals surface area (Å²) in [6, 6.07) is 10.1. The summed E-state index contributed by atoms with van der Waals surface area (Å²) < 4.78 is 17.3. The van der Waals surface area contributed by atoms with E-state index in [1.165, 1.54) is 18.5 Å². The normalized spacial score (nSPS) is 10.6. The lowest BCUT2D eigenvalue weighted by Gasteiger charge is -2.10. The first kappa shape index (κ1) is 18.1. The predicted octanol–water partition coefficient (Wildman–Crippen LogP) is 2.86. The first-order valence-electron chi connectivity index (χ1n) is 8.59. The minimum atomic E-state index is -0.325. The van der Waals surface area contributed by atoms with Crippen molar-refractivity contribution in [1.82, 2.24) is 34.1 Å². The van der Waals surface area contributed by atoms with Crippen LogP contribution in [0.3, 0.4) is 0 Å². The van der Waals surface area contributed by atoms with Crippen molar-refractivity contribution in [3.63, 3.8) is 0 Å². The number of aromatic nitrogens is 7. The third-order valence-corrected chi connectivity index (χ3v) is 4.17. The molecule has 4 aromatic heterocycles. The molecule has 0 bridgehead atoms. The second-order valence-corrected chi connectivity index (χ2v) is 5.84. The van der Waals surface area contributed by atoms with E-state index in [1.54, 1.807) is 29.2 Å².